The van der Waals surface area contributed by atoms with E-state index in [1.165, 1.54) is 12.3 Å². The minimum absolute atomic E-state index is 0.169. The second-order valence-electron chi connectivity index (χ2n) is 6.43. The smallest absolute Gasteiger partial charge is 0.361 e. The van der Waals surface area contributed by atoms with Gasteiger partial charge in [0.15, 0.2) is 0 Å². The lowest BCUT2D eigenvalue weighted by Crippen LogP contribution is -2.43. The third-order valence-electron chi connectivity index (χ3n) is 4.79. The summed E-state index contributed by atoms with van der Waals surface area (Å²) in [6, 6.07) is 3.14. The van der Waals surface area contributed by atoms with E-state index in [1.54, 1.807) is 6.07 Å². The van der Waals surface area contributed by atoms with Crippen LogP contribution in [0.2, 0.25) is 0 Å². The van der Waals surface area contributed by atoms with Gasteiger partial charge in [0.05, 0.1) is 11.2 Å². The molecule has 1 aromatic heterocycles. The van der Waals surface area contributed by atoms with Crippen molar-refractivity contribution in [1.29, 1.82) is 0 Å². The van der Waals surface area contributed by atoms with E-state index in [0.29, 0.717) is 24.3 Å². The summed E-state index contributed by atoms with van der Waals surface area (Å²) in [5, 5.41) is 3.40. The average Bonchev–Trinajstić information content (AvgIpc) is 3.47. The number of benzene rings is 1. The number of halogens is 2. The van der Waals surface area contributed by atoms with E-state index in [4.69, 9.17) is 11.9 Å². The number of carbonyl (C=O) groups is 1. The molecule has 0 bridgehead atoms. The highest BCUT2D eigenvalue weighted by Crippen LogP contribution is 2.38. The van der Waals surface area contributed by atoms with Crippen molar-refractivity contribution in [2.45, 2.75) is 18.9 Å². The first kappa shape index (κ1) is 16.4. The number of rotatable bonds is 3. The SMILES string of the molecule is O=C(OCl)c1cn(C2CC2)c2cc(N3CCNCC3)c(F)cc2c1=O. The summed E-state index contributed by atoms with van der Waals surface area (Å²) in [4.78, 5) is 26.4. The van der Waals surface area contributed by atoms with Gasteiger partial charge in [0.1, 0.15) is 23.2 Å². The predicted molar refractivity (Wildman–Crippen MR) is 92.8 cm³/mol. The van der Waals surface area contributed by atoms with Gasteiger partial charge in [-0.2, -0.15) is 0 Å². The molecule has 4 rings (SSSR count). The Bertz CT molecular complexity index is 904. The molecule has 1 aliphatic heterocycles. The summed E-state index contributed by atoms with van der Waals surface area (Å²) in [6.45, 7) is 2.97. The van der Waals surface area contributed by atoms with Crippen molar-refractivity contribution < 1.29 is 13.5 Å². The normalized spacial score (nSPS) is 17.8. The molecule has 2 aliphatic rings. The second kappa shape index (κ2) is 6.31. The zero-order valence-electron chi connectivity index (χ0n) is 13.4. The highest BCUT2D eigenvalue weighted by Gasteiger charge is 2.28. The lowest BCUT2D eigenvalue weighted by Gasteiger charge is -2.30. The maximum atomic E-state index is 14.7. The van der Waals surface area contributed by atoms with E-state index in [1.807, 2.05) is 9.47 Å². The summed E-state index contributed by atoms with van der Waals surface area (Å²) in [5.41, 5.74) is 0.371. The van der Waals surface area contributed by atoms with Crippen LogP contribution in [0, 0.1) is 5.82 Å². The molecule has 6 nitrogen and oxygen atoms in total. The number of fused-ring (bicyclic) bond motifs is 1. The highest BCUT2D eigenvalue weighted by atomic mass is 35.5. The lowest BCUT2D eigenvalue weighted by molar-refractivity contribution is 0.0749. The van der Waals surface area contributed by atoms with Crippen molar-refractivity contribution in [2.75, 3.05) is 31.1 Å². The largest absolute Gasteiger partial charge is 0.367 e. The van der Waals surface area contributed by atoms with E-state index in [9.17, 15) is 14.0 Å². The third kappa shape index (κ3) is 2.87. The van der Waals surface area contributed by atoms with Gasteiger partial charge < -0.3 is 19.1 Å². The van der Waals surface area contributed by atoms with Crippen LogP contribution in [-0.2, 0) is 4.29 Å². The van der Waals surface area contributed by atoms with E-state index in [-0.39, 0.29) is 17.0 Å². The number of hydrogen-bond donors (Lipinski definition) is 1. The monoisotopic (exact) mass is 365 g/mol. The third-order valence-corrected chi connectivity index (χ3v) is 4.93. The van der Waals surface area contributed by atoms with Gasteiger partial charge in [0.25, 0.3) is 0 Å². The zero-order valence-corrected chi connectivity index (χ0v) is 14.2. The van der Waals surface area contributed by atoms with Gasteiger partial charge in [0, 0.05) is 43.8 Å². The highest BCUT2D eigenvalue weighted by molar-refractivity contribution is 6.16. The number of nitrogens with zero attached hydrogens (tertiary/aromatic N) is 2. The number of hydrogen-bond acceptors (Lipinski definition) is 5. The molecule has 25 heavy (non-hydrogen) atoms. The fourth-order valence-electron chi connectivity index (χ4n) is 3.35. The molecule has 1 saturated carbocycles. The Hall–Kier alpha value is -2.12. The molecular weight excluding hydrogens is 349 g/mol. The number of piperazine rings is 1. The number of pyridine rings is 1. The predicted octanol–water partition coefficient (Wildman–Crippen LogP) is 2.20. The molecule has 2 aromatic rings. The first-order valence-electron chi connectivity index (χ1n) is 8.27. The van der Waals surface area contributed by atoms with Crippen molar-refractivity contribution in [3.8, 4) is 0 Å². The van der Waals surface area contributed by atoms with Crippen LogP contribution in [0.1, 0.15) is 29.2 Å². The van der Waals surface area contributed by atoms with Crippen LogP contribution in [0.25, 0.3) is 10.9 Å². The molecule has 8 heteroatoms. The second-order valence-corrected chi connectivity index (χ2v) is 6.59. The van der Waals surface area contributed by atoms with Gasteiger partial charge in [-0.1, -0.05) is 0 Å². The topological polar surface area (TPSA) is 63.6 Å². The van der Waals surface area contributed by atoms with Crippen LogP contribution in [-0.4, -0.2) is 36.7 Å². The van der Waals surface area contributed by atoms with Gasteiger partial charge in [-0.3, -0.25) is 4.79 Å². The molecule has 0 spiro atoms. The van der Waals surface area contributed by atoms with Crippen LogP contribution in [0.15, 0.2) is 23.1 Å². The molecule has 1 aliphatic carbocycles. The molecule has 0 amide bonds. The number of nitrogens with one attached hydrogen (secondary N) is 1. The Balaban J connectivity index is 1.93. The average molecular weight is 366 g/mol. The molecule has 0 radical (unpaired) electrons. The van der Waals surface area contributed by atoms with Gasteiger partial charge in [-0.15, -0.1) is 0 Å². The lowest BCUT2D eigenvalue weighted by atomic mass is 10.1. The Morgan fingerprint density at radius 3 is 2.64 bits per heavy atom. The van der Waals surface area contributed by atoms with Gasteiger partial charge in [-0.25, -0.2) is 9.18 Å². The summed E-state index contributed by atoms with van der Waals surface area (Å²) in [5.74, 6) is -1.39. The Morgan fingerprint density at radius 2 is 2.00 bits per heavy atom. The standard InChI is InChI=1S/C17H17ClFN3O3/c18-25-17(24)12-9-22(10-1-2-10)14-8-15(21-5-3-20-4-6-21)13(19)7-11(14)16(12)23/h7-10,20H,1-6H2. The van der Waals surface area contributed by atoms with Crippen LogP contribution in [0.4, 0.5) is 10.1 Å². The summed E-state index contributed by atoms with van der Waals surface area (Å²) in [7, 11) is 0. The molecule has 0 atom stereocenters. The molecule has 1 aromatic carbocycles. The van der Waals surface area contributed by atoms with Crippen LogP contribution >= 0.6 is 11.9 Å². The number of carbonyl (C=O) groups excluding carboxylic acids is 1. The fraction of sp³-hybridized carbons (Fsp3) is 0.412. The maximum Gasteiger partial charge on any atom is 0.361 e. The summed E-state index contributed by atoms with van der Waals surface area (Å²) < 4.78 is 20.7. The maximum absolute atomic E-state index is 14.7. The van der Waals surface area contributed by atoms with Crippen molar-refractivity contribution in [3.63, 3.8) is 0 Å². The zero-order chi connectivity index (χ0) is 17.6. The van der Waals surface area contributed by atoms with Crippen molar-refractivity contribution in [3.05, 3.63) is 39.9 Å². The minimum Gasteiger partial charge on any atom is -0.367 e. The van der Waals surface area contributed by atoms with Crippen LogP contribution in [0.3, 0.4) is 0 Å². The van der Waals surface area contributed by atoms with Gasteiger partial charge in [-0.05, 0) is 25.0 Å². The Labute approximate surface area is 148 Å². The Kier molecular flexibility index (Phi) is 4.13. The quantitative estimate of drug-likeness (QED) is 0.903. The summed E-state index contributed by atoms with van der Waals surface area (Å²) >= 11 is 5.13. The molecule has 132 valence electrons. The fourth-order valence-corrected chi connectivity index (χ4v) is 3.43. The van der Waals surface area contributed by atoms with E-state index < -0.39 is 17.2 Å². The van der Waals surface area contributed by atoms with E-state index in [0.717, 1.165) is 25.9 Å². The van der Waals surface area contributed by atoms with E-state index >= 15 is 0 Å². The number of anilines is 1. The van der Waals surface area contributed by atoms with Crippen molar-refractivity contribution >= 4 is 34.4 Å². The Morgan fingerprint density at radius 1 is 1.28 bits per heavy atom. The molecule has 1 saturated heterocycles. The molecule has 2 fully saturated rings. The van der Waals surface area contributed by atoms with Crippen LogP contribution < -0.4 is 15.6 Å². The van der Waals surface area contributed by atoms with Crippen molar-refractivity contribution in [2.24, 2.45) is 0 Å². The summed E-state index contributed by atoms with van der Waals surface area (Å²) in [6.07, 6.45) is 3.38. The van der Waals surface area contributed by atoms with Gasteiger partial charge >= 0.3 is 5.97 Å². The minimum atomic E-state index is -0.922. The van der Waals surface area contributed by atoms with Crippen LogP contribution in [0.5, 0.6) is 0 Å². The molecule has 1 N–H and O–H groups in total. The molecule has 2 heterocycles. The number of aromatic nitrogens is 1. The van der Waals surface area contributed by atoms with E-state index in [2.05, 4.69) is 9.61 Å². The molecular formula is C17H17ClFN3O3. The molecule has 0 unspecified atom stereocenters. The van der Waals surface area contributed by atoms with Crippen molar-refractivity contribution in [1.82, 2.24) is 9.88 Å². The van der Waals surface area contributed by atoms with Gasteiger partial charge in [0.2, 0.25) is 5.43 Å². The first-order valence-corrected chi connectivity index (χ1v) is 8.58. The first-order chi connectivity index (χ1) is 12.1.